The molecule has 1 aromatic carbocycles. The molecule has 3 saturated carbocycles. The number of carboxylic acids is 1. The largest absolute Gasteiger partial charge is 0.474 e. The van der Waals surface area contributed by atoms with Gasteiger partial charge in [0.15, 0.2) is 0 Å². The topological polar surface area (TPSA) is 357 Å². The number of aromatic nitrogens is 3. The number of carbonyl (C=O) groups excluding carboxylic acids is 8. The molecule has 0 bridgehead atoms. The van der Waals surface area contributed by atoms with E-state index in [1.807, 2.05) is 5.32 Å². The van der Waals surface area contributed by atoms with Crippen LogP contribution >= 0.6 is 0 Å². The summed E-state index contributed by atoms with van der Waals surface area (Å²) < 4.78 is 0. The lowest BCUT2D eigenvalue weighted by Gasteiger charge is -2.44. The number of primary amides is 3. The molecule has 6 fully saturated rings. The maximum Gasteiger partial charge on any atom is 0.394 e. The van der Waals surface area contributed by atoms with Crippen LogP contribution in [0.1, 0.15) is 146 Å². The summed E-state index contributed by atoms with van der Waals surface area (Å²) in [6.07, 6.45) is 24.0. The molecule has 8 amide bonds. The highest BCUT2D eigenvalue weighted by Crippen LogP contribution is 2.42. The highest BCUT2D eigenvalue weighted by Gasteiger charge is 2.40. The van der Waals surface area contributed by atoms with Crippen LogP contribution in [0.2, 0.25) is 0 Å². The minimum absolute atomic E-state index is 0.0817. The van der Waals surface area contributed by atoms with Gasteiger partial charge in [-0.2, -0.15) is 0 Å². The van der Waals surface area contributed by atoms with Crippen LogP contribution in [0.25, 0.3) is 0 Å². The van der Waals surface area contributed by atoms with Gasteiger partial charge in [0.05, 0.1) is 52.3 Å². The number of nitrogens with one attached hydrogen (secondary N) is 5. The Balaban J connectivity index is 0.000000162. The van der Waals surface area contributed by atoms with Gasteiger partial charge >= 0.3 is 35.5 Å². The number of benzene rings is 1. The SMILES string of the molecule is CC1CCCC2CNCCC12.C[C@@H]1CCC[C@@H]2CN(C(=O)C(=O)Nc3cncc(C(N)=O)c3)CC[C@@H]21.C[C@@H]1CCC[C@H]2CN(C(=O)C(=O)Nc3cncc(C(N)=O)c3)CC[C@H]21.Cc1cccc2c1CCNC2.NC(=O)c1cncc(NC(=O)C(=O)O)c1. The third-order valence-corrected chi connectivity index (χ3v) is 18.5. The van der Waals surface area contributed by atoms with Crippen LogP contribution in [-0.2, 0) is 41.7 Å². The van der Waals surface area contributed by atoms with E-state index in [0.717, 1.165) is 56.5 Å². The third kappa shape index (κ3) is 18.9. The highest BCUT2D eigenvalue weighted by molar-refractivity contribution is 6.40. The van der Waals surface area contributed by atoms with Gasteiger partial charge in [-0.3, -0.25) is 53.3 Å². The number of carboxylic acid groups (broad SMARTS) is 1. The Morgan fingerprint density at radius 1 is 0.529 bits per heavy atom. The fourth-order valence-corrected chi connectivity index (χ4v) is 13.8. The number of pyridine rings is 3. The average molecular weight is 1200 g/mol. The van der Waals surface area contributed by atoms with Crippen LogP contribution in [0.3, 0.4) is 0 Å². The molecule has 4 aromatic rings. The molecule has 0 spiro atoms. The van der Waals surface area contributed by atoms with Gasteiger partial charge in [0.1, 0.15) is 0 Å². The standard InChI is InChI=1S/2C18H24N4O3.C10H19N.C10H13N.C8H7N3O4/c2*1-11-3-2-4-12-10-22(6-5-15(11)12)18(25)17(24)21-14-7-13(16(19)23)8-20-9-14;2*1-8-3-2-4-9-7-11-6-5-10(8)9;9-6(12)4-1-5(3-10-2-4)11-7(13)8(14)15/h2*7-9,11-12,15H,2-6,10H2,1H3,(H2,19,23)(H,21,24);8-11H,2-7H2,1H3;2-4,11H,5-7H2,1H3;1-3H,(H2,9,12)(H,11,13)(H,14,15)/t11-,12+,15+;11-,12-,15-;;;/m11.../s1. The molecule has 468 valence electrons. The molecule has 0 radical (unpaired) electrons. The van der Waals surface area contributed by atoms with E-state index in [9.17, 15) is 43.2 Å². The van der Waals surface area contributed by atoms with Crippen molar-refractivity contribution in [3.8, 4) is 0 Å². The number of piperidine rings is 3. The van der Waals surface area contributed by atoms with Gasteiger partial charge in [0.2, 0.25) is 17.7 Å². The molecule has 23 heteroatoms. The Bertz CT molecular complexity index is 2990. The van der Waals surface area contributed by atoms with Crippen LogP contribution in [-0.4, -0.2) is 129 Å². The molecule has 3 unspecified atom stereocenters. The lowest BCUT2D eigenvalue weighted by Crippen LogP contribution is -2.49. The second kappa shape index (κ2) is 32.0. The number of nitrogens with two attached hydrogens (primary N) is 3. The van der Waals surface area contributed by atoms with Crippen molar-refractivity contribution in [2.24, 2.45) is 70.5 Å². The summed E-state index contributed by atoms with van der Waals surface area (Å²) in [5.41, 5.74) is 21.0. The zero-order chi connectivity index (χ0) is 62.7. The smallest absolute Gasteiger partial charge is 0.394 e. The molecule has 11 rings (SSSR count). The van der Waals surface area contributed by atoms with Gasteiger partial charge in [-0.05, 0) is 160 Å². The number of aryl methyl sites for hydroxylation is 1. The van der Waals surface area contributed by atoms with Crippen molar-refractivity contribution in [2.45, 2.75) is 118 Å². The van der Waals surface area contributed by atoms with Crippen LogP contribution < -0.4 is 43.8 Å². The number of fused-ring (bicyclic) bond motifs is 4. The quantitative estimate of drug-likeness (QED) is 0.105. The lowest BCUT2D eigenvalue weighted by molar-refractivity contribution is -0.147. The minimum Gasteiger partial charge on any atom is -0.474 e. The molecule has 7 heterocycles. The van der Waals surface area contributed by atoms with Gasteiger partial charge < -0.3 is 58.7 Å². The van der Waals surface area contributed by atoms with Crippen molar-refractivity contribution in [3.05, 3.63) is 107 Å². The van der Waals surface area contributed by atoms with Gasteiger partial charge in [-0.15, -0.1) is 0 Å². The number of rotatable bonds is 6. The predicted octanol–water partition coefficient (Wildman–Crippen LogP) is 5.68. The maximum atomic E-state index is 12.5. The summed E-state index contributed by atoms with van der Waals surface area (Å²) in [6, 6.07) is 10.6. The summed E-state index contributed by atoms with van der Waals surface area (Å²) in [7, 11) is 0. The molecule has 23 nitrogen and oxygen atoms in total. The zero-order valence-corrected chi connectivity index (χ0v) is 50.6. The summed E-state index contributed by atoms with van der Waals surface area (Å²) >= 11 is 0. The number of carbonyl (C=O) groups is 9. The number of hydrogen-bond acceptors (Lipinski definition) is 14. The fourth-order valence-electron chi connectivity index (χ4n) is 13.8. The maximum absolute atomic E-state index is 12.5. The fraction of sp³-hybridized carbons (Fsp3) is 0.531. The number of aliphatic carboxylic acids is 1. The first kappa shape index (κ1) is 66.3. The zero-order valence-electron chi connectivity index (χ0n) is 50.6. The third-order valence-electron chi connectivity index (χ3n) is 18.5. The number of likely N-dealkylation sites (tertiary alicyclic amines) is 2. The summed E-state index contributed by atoms with van der Waals surface area (Å²) in [5.74, 6) is -0.469. The van der Waals surface area contributed by atoms with Crippen LogP contribution in [0, 0.1) is 60.2 Å². The van der Waals surface area contributed by atoms with Crippen molar-refractivity contribution in [1.29, 1.82) is 0 Å². The van der Waals surface area contributed by atoms with Crippen molar-refractivity contribution in [2.75, 3.05) is 61.8 Å². The summed E-state index contributed by atoms with van der Waals surface area (Å²) in [4.78, 5) is 118. The van der Waals surface area contributed by atoms with E-state index in [2.05, 4.69) is 82.1 Å². The van der Waals surface area contributed by atoms with Crippen molar-refractivity contribution in [1.82, 2.24) is 35.4 Å². The molecule has 7 aliphatic rings. The van der Waals surface area contributed by atoms with Gasteiger partial charge in [0.25, 0.3) is 0 Å². The number of amides is 8. The van der Waals surface area contributed by atoms with Crippen LogP contribution in [0.5, 0.6) is 0 Å². The lowest BCUT2D eigenvalue weighted by atomic mass is 9.69. The van der Waals surface area contributed by atoms with E-state index < -0.39 is 53.2 Å². The second-order valence-electron chi connectivity index (χ2n) is 24.4. The van der Waals surface area contributed by atoms with E-state index >= 15 is 0 Å². The molecule has 3 saturated heterocycles. The molecule has 9 atom stereocenters. The first-order chi connectivity index (χ1) is 41.7. The molecule has 4 aliphatic heterocycles. The highest BCUT2D eigenvalue weighted by atomic mass is 16.4. The van der Waals surface area contributed by atoms with Crippen molar-refractivity contribution >= 4 is 70.3 Å². The van der Waals surface area contributed by atoms with E-state index in [1.165, 1.54) is 137 Å². The van der Waals surface area contributed by atoms with Crippen LogP contribution in [0.4, 0.5) is 17.1 Å². The number of anilines is 3. The normalized spacial score (nSPS) is 24.2. The molecule has 12 N–H and O–H groups in total. The Morgan fingerprint density at radius 3 is 1.37 bits per heavy atom. The Labute approximate surface area is 508 Å². The molecule has 87 heavy (non-hydrogen) atoms. The molecular formula is C64H87N13O10. The first-order valence-corrected chi connectivity index (χ1v) is 30.6. The van der Waals surface area contributed by atoms with E-state index in [1.54, 1.807) is 15.4 Å². The van der Waals surface area contributed by atoms with Gasteiger partial charge in [-0.1, -0.05) is 77.5 Å². The van der Waals surface area contributed by atoms with Gasteiger partial charge in [-0.25, -0.2) is 4.79 Å². The monoisotopic (exact) mass is 1200 g/mol. The summed E-state index contributed by atoms with van der Waals surface area (Å²) in [5, 5.41) is 22.2. The van der Waals surface area contributed by atoms with Gasteiger partial charge in [0, 0.05) is 51.3 Å². The van der Waals surface area contributed by atoms with Crippen molar-refractivity contribution < 1.29 is 48.3 Å². The first-order valence-electron chi connectivity index (χ1n) is 30.6. The van der Waals surface area contributed by atoms with Crippen molar-refractivity contribution in [3.63, 3.8) is 0 Å². The average Bonchev–Trinajstić information content (AvgIpc) is 3.07. The minimum atomic E-state index is -1.63. The summed E-state index contributed by atoms with van der Waals surface area (Å²) in [6.45, 7) is 16.5. The van der Waals surface area contributed by atoms with E-state index in [4.69, 9.17) is 22.3 Å². The Morgan fingerprint density at radius 2 is 0.954 bits per heavy atom. The van der Waals surface area contributed by atoms with E-state index in [0.29, 0.717) is 61.7 Å². The number of nitrogens with zero attached hydrogens (tertiary/aromatic N) is 5. The molecule has 3 aliphatic carbocycles. The second-order valence-corrected chi connectivity index (χ2v) is 24.4. The number of hydrogen-bond donors (Lipinski definition) is 9. The predicted molar refractivity (Wildman–Crippen MR) is 328 cm³/mol. The van der Waals surface area contributed by atoms with Crippen LogP contribution in [0.15, 0.2) is 73.6 Å². The Hall–Kier alpha value is -8.18. The Kier molecular flexibility index (Phi) is 24.4. The van der Waals surface area contributed by atoms with E-state index in [-0.39, 0.29) is 33.8 Å². The molecule has 3 aromatic heterocycles. The molecular weight excluding hydrogens is 1110 g/mol.